The predicted molar refractivity (Wildman–Crippen MR) is 91.9 cm³/mol. The average molecular weight is 354 g/mol. The van der Waals surface area contributed by atoms with Crippen LogP contribution in [0.1, 0.15) is 36.8 Å². The zero-order valence-corrected chi connectivity index (χ0v) is 14.5. The third-order valence-electron chi connectivity index (χ3n) is 4.78. The molecule has 26 heavy (non-hydrogen) atoms. The molecule has 1 atom stereocenters. The Balaban J connectivity index is 1.75. The van der Waals surface area contributed by atoms with Gasteiger partial charge in [0.05, 0.1) is 23.3 Å². The standard InChI is InChI=1S/C19H19FN4O2/c1-2-3-16-15(10-21-12-22-16)17-23-18(24-26-17)19(8-9-25-11-19)13-4-6-14(20)7-5-13/h4-7,10,12H,2-3,8-9,11H2,1H3/t19-/m1/s1. The van der Waals surface area contributed by atoms with Crippen molar-refractivity contribution in [1.82, 2.24) is 20.1 Å². The van der Waals surface area contributed by atoms with E-state index in [1.54, 1.807) is 18.3 Å². The molecule has 1 fully saturated rings. The van der Waals surface area contributed by atoms with Gasteiger partial charge in [-0.2, -0.15) is 4.98 Å². The number of nitrogens with zero attached hydrogens (tertiary/aromatic N) is 4. The molecule has 1 aliphatic rings. The number of halogens is 1. The van der Waals surface area contributed by atoms with Crippen molar-refractivity contribution in [1.29, 1.82) is 0 Å². The van der Waals surface area contributed by atoms with Gasteiger partial charge in [0.1, 0.15) is 12.1 Å². The Morgan fingerprint density at radius 2 is 2.08 bits per heavy atom. The molecule has 0 spiro atoms. The van der Waals surface area contributed by atoms with E-state index in [-0.39, 0.29) is 5.82 Å². The maximum atomic E-state index is 13.3. The van der Waals surface area contributed by atoms with Gasteiger partial charge in [0, 0.05) is 12.8 Å². The topological polar surface area (TPSA) is 73.9 Å². The molecule has 0 aliphatic carbocycles. The normalized spacial score (nSPS) is 19.8. The molecule has 134 valence electrons. The fourth-order valence-electron chi connectivity index (χ4n) is 3.36. The fourth-order valence-corrected chi connectivity index (χ4v) is 3.36. The molecule has 0 unspecified atom stereocenters. The number of aryl methyl sites for hydroxylation is 1. The lowest BCUT2D eigenvalue weighted by atomic mass is 9.79. The first-order valence-electron chi connectivity index (χ1n) is 8.70. The van der Waals surface area contributed by atoms with Gasteiger partial charge in [-0.1, -0.05) is 30.6 Å². The lowest BCUT2D eigenvalue weighted by Crippen LogP contribution is -2.29. The van der Waals surface area contributed by atoms with Crippen LogP contribution in [-0.2, 0) is 16.6 Å². The van der Waals surface area contributed by atoms with Crippen LogP contribution in [0, 0.1) is 5.82 Å². The van der Waals surface area contributed by atoms with Crippen LogP contribution in [0.4, 0.5) is 4.39 Å². The zero-order chi connectivity index (χ0) is 18.0. The van der Waals surface area contributed by atoms with Gasteiger partial charge in [-0.15, -0.1) is 0 Å². The van der Waals surface area contributed by atoms with Crippen molar-refractivity contribution >= 4 is 0 Å². The summed E-state index contributed by atoms with van der Waals surface area (Å²) in [5.74, 6) is 0.669. The van der Waals surface area contributed by atoms with Gasteiger partial charge >= 0.3 is 0 Å². The molecule has 7 heteroatoms. The van der Waals surface area contributed by atoms with E-state index in [4.69, 9.17) is 9.26 Å². The Kier molecular flexibility index (Phi) is 4.46. The van der Waals surface area contributed by atoms with Crippen LogP contribution in [0.2, 0.25) is 0 Å². The van der Waals surface area contributed by atoms with E-state index in [2.05, 4.69) is 27.0 Å². The second-order valence-electron chi connectivity index (χ2n) is 6.45. The highest BCUT2D eigenvalue weighted by atomic mass is 19.1. The fraction of sp³-hybridized carbons (Fsp3) is 0.368. The molecule has 1 aliphatic heterocycles. The van der Waals surface area contributed by atoms with Crippen LogP contribution in [0.15, 0.2) is 41.3 Å². The maximum absolute atomic E-state index is 13.3. The van der Waals surface area contributed by atoms with E-state index < -0.39 is 5.41 Å². The summed E-state index contributed by atoms with van der Waals surface area (Å²) in [6.07, 6.45) is 5.70. The van der Waals surface area contributed by atoms with Crippen molar-refractivity contribution in [2.75, 3.05) is 13.2 Å². The molecule has 6 nitrogen and oxygen atoms in total. The molecule has 4 rings (SSSR count). The van der Waals surface area contributed by atoms with Crippen molar-refractivity contribution in [2.45, 2.75) is 31.6 Å². The van der Waals surface area contributed by atoms with E-state index in [0.29, 0.717) is 31.3 Å². The van der Waals surface area contributed by atoms with Crippen LogP contribution in [0.25, 0.3) is 11.5 Å². The van der Waals surface area contributed by atoms with Crippen molar-refractivity contribution in [3.05, 3.63) is 59.7 Å². The Morgan fingerprint density at radius 1 is 1.23 bits per heavy atom. The predicted octanol–water partition coefficient (Wildman–Crippen LogP) is 3.32. The van der Waals surface area contributed by atoms with Gasteiger partial charge in [0.15, 0.2) is 5.82 Å². The number of aromatic nitrogens is 4. The van der Waals surface area contributed by atoms with E-state index >= 15 is 0 Å². The quantitative estimate of drug-likeness (QED) is 0.700. The molecular weight excluding hydrogens is 335 g/mol. The highest BCUT2D eigenvalue weighted by Crippen LogP contribution is 2.39. The average Bonchev–Trinajstić information content (AvgIpc) is 3.33. The van der Waals surface area contributed by atoms with Gasteiger partial charge in [-0.25, -0.2) is 14.4 Å². The summed E-state index contributed by atoms with van der Waals surface area (Å²) >= 11 is 0. The first-order chi connectivity index (χ1) is 12.7. The van der Waals surface area contributed by atoms with Gasteiger partial charge in [-0.3, -0.25) is 0 Å². The van der Waals surface area contributed by atoms with E-state index in [0.717, 1.165) is 29.7 Å². The first kappa shape index (κ1) is 16.8. The van der Waals surface area contributed by atoms with Gasteiger partial charge < -0.3 is 9.26 Å². The molecule has 0 saturated carbocycles. The molecule has 3 heterocycles. The van der Waals surface area contributed by atoms with E-state index in [9.17, 15) is 4.39 Å². The molecule has 0 amide bonds. The summed E-state index contributed by atoms with van der Waals surface area (Å²) in [4.78, 5) is 13.1. The summed E-state index contributed by atoms with van der Waals surface area (Å²) < 4.78 is 24.5. The smallest absolute Gasteiger partial charge is 0.261 e. The van der Waals surface area contributed by atoms with Crippen LogP contribution in [0.5, 0.6) is 0 Å². The molecular formula is C19H19FN4O2. The largest absolute Gasteiger partial charge is 0.380 e. The number of rotatable bonds is 5. The van der Waals surface area contributed by atoms with E-state index in [1.807, 2.05) is 0 Å². The van der Waals surface area contributed by atoms with Crippen LogP contribution in [-0.4, -0.2) is 33.3 Å². The van der Waals surface area contributed by atoms with Crippen LogP contribution in [0.3, 0.4) is 0 Å². The summed E-state index contributed by atoms with van der Waals surface area (Å²) in [7, 11) is 0. The Hall–Kier alpha value is -2.67. The molecule has 0 bridgehead atoms. The van der Waals surface area contributed by atoms with Crippen LogP contribution >= 0.6 is 0 Å². The Bertz CT molecular complexity index is 889. The van der Waals surface area contributed by atoms with Crippen molar-refractivity contribution < 1.29 is 13.7 Å². The minimum atomic E-state index is -0.532. The molecule has 1 aromatic carbocycles. The lowest BCUT2D eigenvalue weighted by Gasteiger charge is -2.23. The highest BCUT2D eigenvalue weighted by molar-refractivity contribution is 5.55. The summed E-state index contributed by atoms with van der Waals surface area (Å²) in [6.45, 7) is 3.12. The Labute approximate surface area is 150 Å². The highest BCUT2D eigenvalue weighted by Gasteiger charge is 2.43. The second-order valence-corrected chi connectivity index (χ2v) is 6.45. The number of ether oxygens (including phenoxy) is 1. The number of hydrogen-bond donors (Lipinski definition) is 0. The summed E-state index contributed by atoms with van der Waals surface area (Å²) in [5, 5.41) is 4.23. The molecule has 2 aromatic heterocycles. The third kappa shape index (κ3) is 2.88. The summed E-state index contributed by atoms with van der Waals surface area (Å²) in [5.41, 5.74) is 2.02. The second kappa shape index (κ2) is 6.92. The number of benzene rings is 1. The van der Waals surface area contributed by atoms with Gasteiger partial charge in [0.25, 0.3) is 5.89 Å². The zero-order valence-electron chi connectivity index (χ0n) is 14.5. The third-order valence-corrected chi connectivity index (χ3v) is 4.78. The van der Waals surface area contributed by atoms with Crippen molar-refractivity contribution in [3.8, 4) is 11.5 Å². The maximum Gasteiger partial charge on any atom is 0.261 e. The molecule has 1 saturated heterocycles. The monoisotopic (exact) mass is 354 g/mol. The first-order valence-corrected chi connectivity index (χ1v) is 8.70. The van der Waals surface area contributed by atoms with Crippen molar-refractivity contribution in [2.24, 2.45) is 0 Å². The minimum absolute atomic E-state index is 0.276. The summed E-state index contributed by atoms with van der Waals surface area (Å²) in [6, 6.07) is 6.41. The van der Waals surface area contributed by atoms with Crippen LogP contribution < -0.4 is 0 Å². The SMILES string of the molecule is CCCc1ncncc1-c1nc([C@]2(c3ccc(F)cc3)CCOC2)no1. The van der Waals surface area contributed by atoms with E-state index in [1.165, 1.54) is 18.5 Å². The van der Waals surface area contributed by atoms with Crippen molar-refractivity contribution in [3.63, 3.8) is 0 Å². The Morgan fingerprint density at radius 3 is 2.81 bits per heavy atom. The molecule has 0 N–H and O–H groups in total. The minimum Gasteiger partial charge on any atom is -0.380 e. The van der Waals surface area contributed by atoms with Gasteiger partial charge in [-0.05, 0) is 30.5 Å². The molecule has 0 radical (unpaired) electrons. The number of hydrogen-bond acceptors (Lipinski definition) is 6. The molecule has 3 aromatic rings. The van der Waals surface area contributed by atoms with Gasteiger partial charge in [0.2, 0.25) is 0 Å². The lowest BCUT2D eigenvalue weighted by molar-refractivity contribution is 0.182.